The fourth-order valence-corrected chi connectivity index (χ4v) is 3.31. The first-order valence-electron chi connectivity index (χ1n) is 8.08. The Morgan fingerprint density at radius 2 is 1.92 bits per heavy atom. The molecule has 0 unspecified atom stereocenters. The fourth-order valence-electron chi connectivity index (χ4n) is 3.31. The zero-order valence-corrected chi connectivity index (χ0v) is 14.3. The number of primary amides is 1. The highest BCUT2D eigenvalue weighted by Gasteiger charge is 2.21. The van der Waals surface area contributed by atoms with E-state index < -0.39 is 5.91 Å². The van der Waals surface area contributed by atoms with E-state index in [9.17, 15) is 9.59 Å². The van der Waals surface area contributed by atoms with E-state index >= 15 is 0 Å². The molecule has 4 heteroatoms. The minimum atomic E-state index is -0.408. The lowest BCUT2D eigenvalue weighted by Crippen LogP contribution is -2.14. The van der Waals surface area contributed by atoms with Crippen LogP contribution in [0.1, 0.15) is 34.0 Å². The number of fused-ring (bicyclic) bond motifs is 1. The Morgan fingerprint density at radius 3 is 2.60 bits per heavy atom. The number of amides is 2. The third kappa shape index (κ3) is 2.98. The lowest BCUT2D eigenvalue weighted by molar-refractivity contribution is -0.111. The van der Waals surface area contributed by atoms with E-state index in [1.165, 1.54) is 11.6 Å². The van der Waals surface area contributed by atoms with Gasteiger partial charge in [0.25, 0.3) is 0 Å². The van der Waals surface area contributed by atoms with E-state index in [4.69, 9.17) is 5.73 Å². The van der Waals surface area contributed by atoms with Crippen LogP contribution in [0.3, 0.4) is 0 Å². The van der Waals surface area contributed by atoms with Crippen molar-refractivity contribution in [3.05, 3.63) is 70.8 Å². The lowest BCUT2D eigenvalue weighted by atomic mass is 9.90. The van der Waals surface area contributed by atoms with Crippen LogP contribution in [0.4, 0.5) is 5.69 Å². The molecule has 1 aliphatic rings. The summed E-state index contributed by atoms with van der Waals surface area (Å²) >= 11 is 0. The summed E-state index contributed by atoms with van der Waals surface area (Å²) in [6.45, 7) is 7.50. The SMILES string of the molecule is C=CC(=O)Nc1cccc(-c2ccc(C(N)=O)c3c2C=C(C)C3)c1C. The molecule has 0 heterocycles. The van der Waals surface area contributed by atoms with Gasteiger partial charge in [-0.05, 0) is 66.3 Å². The van der Waals surface area contributed by atoms with Crippen LogP contribution in [0, 0.1) is 6.92 Å². The van der Waals surface area contributed by atoms with Crippen LogP contribution in [0.2, 0.25) is 0 Å². The van der Waals surface area contributed by atoms with Gasteiger partial charge in [-0.25, -0.2) is 0 Å². The van der Waals surface area contributed by atoms with Gasteiger partial charge in [0.05, 0.1) is 0 Å². The van der Waals surface area contributed by atoms with Crippen molar-refractivity contribution < 1.29 is 9.59 Å². The Hall–Kier alpha value is -3.14. The van der Waals surface area contributed by atoms with Crippen molar-refractivity contribution >= 4 is 23.6 Å². The van der Waals surface area contributed by atoms with E-state index in [0.717, 1.165) is 39.9 Å². The van der Waals surface area contributed by atoms with Gasteiger partial charge >= 0.3 is 0 Å². The van der Waals surface area contributed by atoms with Crippen molar-refractivity contribution in [2.75, 3.05) is 5.32 Å². The van der Waals surface area contributed by atoms with E-state index in [-0.39, 0.29) is 5.91 Å². The molecular formula is C21H20N2O2. The molecule has 1 aliphatic carbocycles. The topological polar surface area (TPSA) is 72.2 Å². The Labute approximate surface area is 147 Å². The van der Waals surface area contributed by atoms with E-state index in [1.807, 2.05) is 38.1 Å². The molecule has 0 aliphatic heterocycles. The van der Waals surface area contributed by atoms with Gasteiger partial charge in [0.1, 0.15) is 0 Å². The third-order valence-corrected chi connectivity index (χ3v) is 4.54. The zero-order valence-electron chi connectivity index (χ0n) is 14.3. The fraction of sp³-hybridized carbons (Fsp3) is 0.143. The van der Waals surface area contributed by atoms with Gasteiger partial charge in [-0.2, -0.15) is 0 Å². The summed E-state index contributed by atoms with van der Waals surface area (Å²) in [7, 11) is 0. The summed E-state index contributed by atoms with van der Waals surface area (Å²) < 4.78 is 0. The van der Waals surface area contributed by atoms with Crippen LogP contribution in [0.15, 0.2) is 48.6 Å². The van der Waals surface area contributed by atoms with Crippen LogP contribution in [0.5, 0.6) is 0 Å². The third-order valence-electron chi connectivity index (χ3n) is 4.54. The molecule has 0 spiro atoms. The molecular weight excluding hydrogens is 312 g/mol. The molecule has 0 aromatic heterocycles. The summed E-state index contributed by atoms with van der Waals surface area (Å²) in [6.07, 6.45) is 4.08. The number of carbonyl (C=O) groups excluding carboxylic acids is 2. The number of rotatable bonds is 4. The molecule has 0 atom stereocenters. The number of nitrogens with two attached hydrogens (primary N) is 1. The molecule has 0 saturated carbocycles. The van der Waals surface area contributed by atoms with Crippen molar-refractivity contribution in [3.8, 4) is 11.1 Å². The second-order valence-electron chi connectivity index (χ2n) is 6.26. The van der Waals surface area contributed by atoms with Crippen molar-refractivity contribution in [2.24, 2.45) is 5.73 Å². The minimum absolute atomic E-state index is 0.245. The number of allylic oxidation sites excluding steroid dienone is 1. The molecule has 0 fully saturated rings. The maximum Gasteiger partial charge on any atom is 0.249 e. The molecule has 0 saturated heterocycles. The van der Waals surface area contributed by atoms with Crippen LogP contribution in [-0.2, 0) is 11.2 Å². The average Bonchev–Trinajstić information content (AvgIpc) is 2.96. The Kier molecular flexibility index (Phi) is 4.28. The van der Waals surface area contributed by atoms with Gasteiger partial charge in [0.2, 0.25) is 11.8 Å². The molecule has 126 valence electrons. The quantitative estimate of drug-likeness (QED) is 0.835. The highest BCUT2D eigenvalue weighted by molar-refractivity contribution is 6.01. The highest BCUT2D eigenvalue weighted by Crippen LogP contribution is 2.38. The second kappa shape index (κ2) is 6.40. The van der Waals surface area contributed by atoms with E-state index in [1.54, 1.807) is 6.07 Å². The van der Waals surface area contributed by atoms with Gasteiger partial charge in [0, 0.05) is 11.3 Å². The van der Waals surface area contributed by atoms with E-state index in [2.05, 4.69) is 18.0 Å². The van der Waals surface area contributed by atoms with Crippen molar-refractivity contribution in [3.63, 3.8) is 0 Å². The summed E-state index contributed by atoms with van der Waals surface area (Å²) in [6, 6.07) is 9.49. The largest absolute Gasteiger partial charge is 0.366 e. The first-order valence-corrected chi connectivity index (χ1v) is 8.08. The molecule has 3 N–H and O–H groups in total. The summed E-state index contributed by atoms with van der Waals surface area (Å²) in [4.78, 5) is 23.4. The maximum atomic E-state index is 11.7. The summed E-state index contributed by atoms with van der Waals surface area (Å²) in [5.41, 5.74) is 13.0. The number of anilines is 1. The second-order valence-corrected chi connectivity index (χ2v) is 6.26. The average molecular weight is 332 g/mol. The van der Waals surface area contributed by atoms with Crippen LogP contribution in [-0.4, -0.2) is 11.8 Å². The van der Waals surface area contributed by atoms with Gasteiger partial charge in [-0.15, -0.1) is 0 Å². The highest BCUT2D eigenvalue weighted by atomic mass is 16.1. The normalized spacial score (nSPS) is 12.3. The predicted octanol–water partition coefficient (Wildman–Crippen LogP) is 3.84. The summed E-state index contributed by atoms with van der Waals surface area (Å²) in [5.74, 6) is -0.653. The van der Waals surface area contributed by atoms with Gasteiger partial charge in [-0.1, -0.05) is 36.4 Å². The van der Waals surface area contributed by atoms with Gasteiger partial charge < -0.3 is 11.1 Å². The van der Waals surface area contributed by atoms with Crippen LogP contribution >= 0.6 is 0 Å². The number of nitrogens with one attached hydrogen (secondary N) is 1. The molecule has 0 bridgehead atoms. The molecule has 2 aromatic carbocycles. The van der Waals surface area contributed by atoms with Crippen LogP contribution in [0.25, 0.3) is 17.2 Å². The number of hydrogen-bond donors (Lipinski definition) is 2. The molecule has 2 amide bonds. The first-order chi connectivity index (χ1) is 11.9. The predicted molar refractivity (Wildman–Crippen MR) is 101 cm³/mol. The molecule has 4 nitrogen and oxygen atoms in total. The number of benzene rings is 2. The summed E-state index contributed by atoms with van der Waals surface area (Å²) in [5, 5.41) is 2.83. The monoisotopic (exact) mass is 332 g/mol. The molecule has 25 heavy (non-hydrogen) atoms. The molecule has 3 rings (SSSR count). The smallest absolute Gasteiger partial charge is 0.249 e. The maximum absolute atomic E-state index is 11.7. The number of carbonyl (C=O) groups is 2. The van der Waals surface area contributed by atoms with Crippen LogP contribution < -0.4 is 11.1 Å². The van der Waals surface area contributed by atoms with Gasteiger partial charge in [-0.3, -0.25) is 9.59 Å². The molecule has 2 aromatic rings. The Morgan fingerprint density at radius 1 is 1.16 bits per heavy atom. The molecule has 0 radical (unpaired) electrons. The Balaban J connectivity index is 2.17. The van der Waals surface area contributed by atoms with E-state index in [0.29, 0.717) is 5.56 Å². The van der Waals surface area contributed by atoms with Crippen molar-refractivity contribution in [1.82, 2.24) is 0 Å². The van der Waals surface area contributed by atoms with Gasteiger partial charge in [0.15, 0.2) is 0 Å². The number of hydrogen-bond acceptors (Lipinski definition) is 2. The zero-order chi connectivity index (χ0) is 18.1. The van der Waals surface area contributed by atoms with Crippen molar-refractivity contribution in [2.45, 2.75) is 20.3 Å². The Bertz CT molecular complexity index is 939. The lowest BCUT2D eigenvalue weighted by Gasteiger charge is -2.16. The first kappa shape index (κ1) is 16.7. The minimum Gasteiger partial charge on any atom is -0.366 e. The van der Waals surface area contributed by atoms with Crippen molar-refractivity contribution in [1.29, 1.82) is 0 Å². The standard InChI is InChI=1S/C21H20N2O2/c1-4-20(24)23-19-7-5-6-14(13(19)3)15-8-9-16(21(22)25)18-11-12(2)10-17(15)18/h4-10H,1,11H2,2-3H3,(H2,22,25)(H,23,24).